The first-order chi connectivity index (χ1) is 8.36. The Bertz CT molecular complexity index is 420. The third kappa shape index (κ3) is 3.24. The molecule has 0 aliphatic carbocycles. The smallest absolute Gasteiger partial charge is 0.321 e. The highest BCUT2D eigenvalue weighted by Crippen LogP contribution is 2.28. The zero-order valence-corrected chi connectivity index (χ0v) is 12.0. The van der Waals surface area contributed by atoms with Crippen molar-refractivity contribution in [1.29, 1.82) is 0 Å². The van der Waals surface area contributed by atoms with Gasteiger partial charge in [0.25, 0.3) is 0 Å². The van der Waals surface area contributed by atoms with E-state index in [1.807, 2.05) is 57.0 Å². The Labute approximate surface area is 113 Å². The molecule has 0 bridgehead atoms. The molecule has 0 saturated heterocycles. The van der Waals surface area contributed by atoms with Crippen LogP contribution in [0.4, 0.5) is 0 Å². The molecule has 0 heterocycles. The van der Waals surface area contributed by atoms with E-state index in [0.29, 0.717) is 5.02 Å². The zero-order chi connectivity index (χ0) is 13.9. The minimum absolute atomic E-state index is 0.0393. The van der Waals surface area contributed by atoms with E-state index >= 15 is 0 Å². The maximum absolute atomic E-state index is 11.3. The van der Waals surface area contributed by atoms with E-state index in [9.17, 15) is 9.90 Å². The van der Waals surface area contributed by atoms with E-state index in [1.54, 1.807) is 0 Å². The molecule has 1 aromatic rings. The molecule has 0 aliphatic rings. The van der Waals surface area contributed by atoms with Crippen LogP contribution in [0.1, 0.15) is 32.4 Å². The Balaban J connectivity index is 2.99. The first-order valence-corrected chi connectivity index (χ1v) is 6.43. The summed E-state index contributed by atoms with van der Waals surface area (Å²) in [5, 5.41) is 9.98. The first-order valence-electron chi connectivity index (χ1n) is 6.05. The number of hydrogen-bond acceptors (Lipinski definition) is 2. The van der Waals surface area contributed by atoms with Crippen LogP contribution in [0.5, 0.6) is 0 Å². The molecule has 3 nitrogen and oxygen atoms in total. The highest BCUT2D eigenvalue weighted by atomic mass is 35.5. The molecule has 100 valence electrons. The lowest BCUT2D eigenvalue weighted by Gasteiger charge is -2.33. The van der Waals surface area contributed by atoms with Crippen molar-refractivity contribution in [3.05, 3.63) is 34.9 Å². The molecule has 0 saturated carbocycles. The van der Waals surface area contributed by atoms with E-state index in [4.69, 9.17) is 11.6 Å². The quantitative estimate of drug-likeness (QED) is 0.890. The number of aliphatic carboxylic acids is 1. The van der Waals surface area contributed by atoms with Gasteiger partial charge in [-0.1, -0.05) is 43.6 Å². The molecule has 4 heteroatoms. The third-order valence-electron chi connectivity index (χ3n) is 3.29. The maximum atomic E-state index is 11.3. The second kappa shape index (κ2) is 6.21. The van der Waals surface area contributed by atoms with Crippen molar-refractivity contribution in [3.63, 3.8) is 0 Å². The largest absolute Gasteiger partial charge is 0.480 e. The summed E-state index contributed by atoms with van der Waals surface area (Å²) >= 11 is 6.15. The van der Waals surface area contributed by atoms with Gasteiger partial charge in [0, 0.05) is 11.1 Å². The Kier molecular flexibility index (Phi) is 5.17. The summed E-state index contributed by atoms with van der Waals surface area (Å²) in [6.45, 7) is 5.79. The molecule has 18 heavy (non-hydrogen) atoms. The Morgan fingerprint density at radius 3 is 2.28 bits per heavy atom. The molecule has 0 aromatic heterocycles. The lowest BCUT2D eigenvalue weighted by atomic mass is 9.99. The molecule has 2 unspecified atom stereocenters. The summed E-state index contributed by atoms with van der Waals surface area (Å²) in [7, 11) is 1.83. The SMILES string of the molecule is CC(C)C(C(=O)O)N(C)C(C)c1ccccc1Cl. The van der Waals surface area contributed by atoms with Crippen LogP contribution >= 0.6 is 11.6 Å². The van der Waals surface area contributed by atoms with E-state index in [0.717, 1.165) is 5.56 Å². The van der Waals surface area contributed by atoms with Crippen molar-refractivity contribution in [2.24, 2.45) is 5.92 Å². The number of nitrogens with zero attached hydrogens (tertiary/aromatic N) is 1. The van der Waals surface area contributed by atoms with Gasteiger partial charge >= 0.3 is 5.97 Å². The van der Waals surface area contributed by atoms with Gasteiger partial charge < -0.3 is 5.11 Å². The van der Waals surface area contributed by atoms with Crippen molar-refractivity contribution in [2.75, 3.05) is 7.05 Å². The van der Waals surface area contributed by atoms with Crippen molar-refractivity contribution >= 4 is 17.6 Å². The molecule has 0 radical (unpaired) electrons. The Morgan fingerprint density at radius 1 is 1.28 bits per heavy atom. The van der Waals surface area contributed by atoms with Crippen LogP contribution in [0.2, 0.25) is 5.02 Å². The standard InChI is InChI=1S/C14H20ClNO2/c1-9(2)13(14(17)18)16(4)10(3)11-7-5-6-8-12(11)15/h5-10,13H,1-4H3,(H,17,18). The number of carboxylic acid groups (broad SMARTS) is 1. The monoisotopic (exact) mass is 269 g/mol. The summed E-state index contributed by atoms with van der Waals surface area (Å²) in [5.41, 5.74) is 0.952. The molecule has 1 aromatic carbocycles. The van der Waals surface area contributed by atoms with Gasteiger partial charge in [-0.2, -0.15) is 0 Å². The van der Waals surface area contributed by atoms with Crippen molar-refractivity contribution in [1.82, 2.24) is 4.90 Å². The fraction of sp³-hybridized carbons (Fsp3) is 0.500. The fourth-order valence-electron chi connectivity index (χ4n) is 2.20. The lowest BCUT2D eigenvalue weighted by Crippen LogP contribution is -2.43. The predicted molar refractivity (Wildman–Crippen MR) is 73.9 cm³/mol. The van der Waals surface area contributed by atoms with E-state index in [1.165, 1.54) is 0 Å². The van der Waals surface area contributed by atoms with E-state index < -0.39 is 12.0 Å². The number of rotatable bonds is 5. The molecule has 2 atom stereocenters. The van der Waals surface area contributed by atoms with Gasteiger partial charge in [-0.05, 0) is 31.5 Å². The normalized spacial score (nSPS) is 14.8. The summed E-state index contributed by atoms with van der Waals surface area (Å²) < 4.78 is 0. The number of likely N-dealkylation sites (N-methyl/N-ethyl adjacent to an activating group) is 1. The van der Waals surface area contributed by atoms with E-state index in [-0.39, 0.29) is 12.0 Å². The summed E-state index contributed by atoms with van der Waals surface area (Å²) in [5.74, 6) is -0.760. The summed E-state index contributed by atoms with van der Waals surface area (Å²) in [6.07, 6.45) is 0. The molecule has 1 N–H and O–H groups in total. The third-order valence-corrected chi connectivity index (χ3v) is 3.63. The van der Waals surface area contributed by atoms with Crippen LogP contribution in [0.25, 0.3) is 0 Å². The van der Waals surface area contributed by atoms with Gasteiger partial charge in [0.1, 0.15) is 6.04 Å². The molecule has 0 amide bonds. The Morgan fingerprint density at radius 2 is 1.83 bits per heavy atom. The predicted octanol–water partition coefficient (Wildman–Crippen LogP) is 3.44. The van der Waals surface area contributed by atoms with Crippen LogP contribution in [0.3, 0.4) is 0 Å². The van der Waals surface area contributed by atoms with Gasteiger partial charge in [0.15, 0.2) is 0 Å². The number of carbonyl (C=O) groups is 1. The number of halogens is 1. The van der Waals surface area contributed by atoms with Crippen molar-refractivity contribution in [2.45, 2.75) is 32.9 Å². The maximum Gasteiger partial charge on any atom is 0.321 e. The second-order valence-electron chi connectivity index (χ2n) is 4.89. The highest BCUT2D eigenvalue weighted by Gasteiger charge is 2.30. The van der Waals surface area contributed by atoms with E-state index in [2.05, 4.69) is 0 Å². The fourth-order valence-corrected chi connectivity index (χ4v) is 2.50. The first kappa shape index (κ1) is 15.0. The molecule has 0 fully saturated rings. The van der Waals surface area contributed by atoms with Gasteiger partial charge in [-0.3, -0.25) is 9.69 Å². The second-order valence-corrected chi connectivity index (χ2v) is 5.30. The average molecular weight is 270 g/mol. The minimum atomic E-state index is -0.800. The molecule has 0 aliphatic heterocycles. The van der Waals surface area contributed by atoms with Crippen LogP contribution in [-0.4, -0.2) is 29.1 Å². The van der Waals surface area contributed by atoms with Crippen molar-refractivity contribution < 1.29 is 9.90 Å². The van der Waals surface area contributed by atoms with Crippen LogP contribution in [0, 0.1) is 5.92 Å². The van der Waals surface area contributed by atoms with Gasteiger partial charge in [-0.15, -0.1) is 0 Å². The molecular weight excluding hydrogens is 250 g/mol. The van der Waals surface area contributed by atoms with Gasteiger partial charge in [0.05, 0.1) is 0 Å². The topological polar surface area (TPSA) is 40.5 Å². The molecular formula is C14H20ClNO2. The Hall–Kier alpha value is -1.06. The average Bonchev–Trinajstić information content (AvgIpc) is 2.27. The summed E-state index contributed by atoms with van der Waals surface area (Å²) in [4.78, 5) is 13.2. The summed E-state index contributed by atoms with van der Waals surface area (Å²) in [6, 6.07) is 6.99. The van der Waals surface area contributed by atoms with Crippen LogP contribution < -0.4 is 0 Å². The minimum Gasteiger partial charge on any atom is -0.480 e. The number of hydrogen-bond donors (Lipinski definition) is 1. The molecule has 0 spiro atoms. The highest BCUT2D eigenvalue weighted by molar-refractivity contribution is 6.31. The van der Waals surface area contributed by atoms with Gasteiger partial charge in [0.2, 0.25) is 0 Å². The number of carboxylic acids is 1. The van der Waals surface area contributed by atoms with Gasteiger partial charge in [-0.25, -0.2) is 0 Å². The molecule has 1 rings (SSSR count). The lowest BCUT2D eigenvalue weighted by molar-refractivity contribution is -0.145. The van der Waals surface area contributed by atoms with Crippen LogP contribution in [-0.2, 0) is 4.79 Å². The van der Waals surface area contributed by atoms with Crippen molar-refractivity contribution in [3.8, 4) is 0 Å². The van der Waals surface area contributed by atoms with Crippen LogP contribution in [0.15, 0.2) is 24.3 Å². The zero-order valence-electron chi connectivity index (χ0n) is 11.2. The number of benzene rings is 1.